The number of hydrogen-bond acceptors (Lipinski definition) is 2. The van der Waals surface area contributed by atoms with Crippen LogP contribution in [0, 0.1) is 0 Å². The topological polar surface area (TPSA) is 21.1 Å². The minimum absolute atomic E-state index is 0.254. The first-order chi connectivity index (χ1) is 10.7. The Bertz CT molecular complexity index is 622. The molecule has 3 nitrogen and oxygen atoms in total. The Morgan fingerprint density at radius 1 is 1.45 bits per heavy atom. The quantitative estimate of drug-likeness (QED) is 0.799. The highest BCUT2D eigenvalue weighted by Gasteiger charge is 2.26. The van der Waals surface area contributed by atoms with Gasteiger partial charge in [-0.05, 0) is 36.5 Å². The van der Waals surface area contributed by atoms with Crippen LogP contribution in [0.1, 0.15) is 50.6 Å². The number of likely N-dealkylation sites (tertiary alicyclic amines) is 1. The molecule has 0 radical (unpaired) electrons. The van der Waals surface area contributed by atoms with E-state index in [-0.39, 0.29) is 6.67 Å². The molecule has 0 bridgehead atoms. The van der Waals surface area contributed by atoms with Gasteiger partial charge in [0.1, 0.15) is 12.3 Å². The van der Waals surface area contributed by atoms with Gasteiger partial charge >= 0.3 is 0 Å². The number of halogens is 1. The fourth-order valence-electron chi connectivity index (χ4n) is 3.73. The summed E-state index contributed by atoms with van der Waals surface area (Å²) in [6, 6.07) is 4.64. The lowest BCUT2D eigenvalue weighted by atomic mass is 9.97. The number of pyridine rings is 1. The van der Waals surface area contributed by atoms with Gasteiger partial charge in [-0.1, -0.05) is 20.3 Å². The molecule has 0 spiro atoms. The maximum absolute atomic E-state index is 12.6. The Hall–Kier alpha value is -1.42. The molecule has 0 saturated carbocycles. The lowest BCUT2D eigenvalue weighted by Crippen LogP contribution is -2.23. The van der Waals surface area contributed by atoms with Crippen LogP contribution in [0.5, 0.6) is 0 Å². The van der Waals surface area contributed by atoms with Crippen molar-refractivity contribution < 1.29 is 4.39 Å². The zero-order valence-corrected chi connectivity index (χ0v) is 13.6. The molecule has 1 aliphatic heterocycles. The summed E-state index contributed by atoms with van der Waals surface area (Å²) >= 11 is 0. The summed E-state index contributed by atoms with van der Waals surface area (Å²) in [5, 5.41) is 1.28. The molecule has 2 atom stereocenters. The molecule has 2 aromatic heterocycles. The molecule has 0 N–H and O–H groups in total. The Kier molecular flexibility index (Phi) is 4.77. The first-order valence-corrected chi connectivity index (χ1v) is 8.48. The van der Waals surface area contributed by atoms with E-state index in [1.807, 2.05) is 12.3 Å². The molecular weight excluding hydrogens is 277 g/mol. The number of nitrogens with zero attached hydrogens (tertiary/aromatic N) is 3. The van der Waals surface area contributed by atoms with E-state index in [1.165, 1.54) is 23.8 Å². The van der Waals surface area contributed by atoms with Crippen molar-refractivity contribution >= 4 is 11.0 Å². The summed E-state index contributed by atoms with van der Waals surface area (Å²) in [7, 11) is 0. The fourth-order valence-corrected chi connectivity index (χ4v) is 3.73. The van der Waals surface area contributed by atoms with Gasteiger partial charge in [0.25, 0.3) is 0 Å². The van der Waals surface area contributed by atoms with Gasteiger partial charge in [-0.3, -0.25) is 4.90 Å². The van der Waals surface area contributed by atoms with Gasteiger partial charge in [0.2, 0.25) is 0 Å². The smallest absolute Gasteiger partial charge is 0.140 e. The predicted octanol–water partition coefficient (Wildman–Crippen LogP) is 4.16. The van der Waals surface area contributed by atoms with E-state index in [1.54, 1.807) is 0 Å². The number of rotatable bonds is 6. The van der Waals surface area contributed by atoms with Crippen LogP contribution in [-0.4, -0.2) is 40.8 Å². The van der Waals surface area contributed by atoms with E-state index in [0.29, 0.717) is 18.5 Å². The third kappa shape index (κ3) is 2.89. The Morgan fingerprint density at radius 3 is 3.09 bits per heavy atom. The molecule has 3 heterocycles. The summed E-state index contributed by atoms with van der Waals surface area (Å²) in [4.78, 5) is 6.85. The number of fused-ring (bicyclic) bond motifs is 1. The second-order valence-corrected chi connectivity index (χ2v) is 6.49. The van der Waals surface area contributed by atoms with E-state index in [9.17, 15) is 4.39 Å². The molecule has 0 aliphatic carbocycles. The summed E-state index contributed by atoms with van der Waals surface area (Å²) < 4.78 is 14.9. The molecule has 4 heteroatoms. The average Bonchev–Trinajstić information content (AvgIpc) is 3.12. The molecule has 1 fully saturated rings. The van der Waals surface area contributed by atoms with Gasteiger partial charge in [0, 0.05) is 43.5 Å². The second kappa shape index (κ2) is 6.78. The maximum atomic E-state index is 12.6. The van der Waals surface area contributed by atoms with Crippen molar-refractivity contribution in [1.82, 2.24) is 14.5 Å². The highest BCUT2D eigenvalue weighted by molar-refractivity contribution is 5.81. The fraction of sp³-hybridized carbons (Fsp3) is 0.611. The molecule has 0 amide bonds. The predicted molar refractivity (Wildman–Crippen MR) is 89.1 cm³/mol. The first-order valence-electron chi connectivity index (χ1n) is 8.48. The molecular formula is C18H26FN3. The summed E-state index contributed by atoms with van der Waals surface area (Å²) in [6.45, 7) is 6.77. The SMILES string of the molecule is CCCC(C)c1cn(C2CCN(CCF)C2)c2ncccc12. The normalized spacial score (nSPS) is 20.8. The van der Waals surface area contributed by atoms with Crippen molar-refractivity contribution in [3.05, 3.63) is 30.1 Å². The third-order valence-corrected chi connectivity index (χ3v) is 4.91. The van der Waals surface area contributed by atoms with Gasteiger partial charge in [0.15, 0.2) is 0 Å². The lowest BCUT2D eigenvalue weighted by molar-refractivity contribution is 0.288. The van der Waals surface area contributed by atoms with Gasteiger partial charge in [-0.2, -0.15) is 0 Å². The molecule has 1 saturated heterocycles. The van der Waals surface area contributed by atoms with Crippen LogP contribution in [0.15, 0.2) is 24.5 Å². The van der Waals surface area contributed by atoms with Crippen molar-refractivity contribution in [2.75, 3.05) is 26.3 Å². The molecule has 1 aliphatic rings. The molecule has 0 aromatic carbocycles. The minimum Gasteiger partial charge on any atom is -0.328 e. The molecule has 2 aromatic rings. The Balaban J connectivity index is 1.93. The van der Waals surface area contributed by atoms with E-state index >= 15 is 0 Å². The van der Waals surface area contributed by atoms with Crippen molar-refractivity contribution in [3.63, 3.8) is 0 Å². The summed E-state index contributed by atoms with van der Waals surface area (Å²) in [6.07, 6.45) is 7.67. The van der Waals surface area contributed by atoms with Crippen molar-refractivity contribution in [2.24, 2.45) is 0 Å². The van der Waals surface area contributed by atoms with Crippen LogP contribution in [0.3, 0.4) is 0 Å². The van der Waals surface area contributed by atoms with Gasteiger partial charge in [-0.25, -0.2) is 9.37 Å². The summed E-state index contributed by atoms with van der Waals surface area (Å²) in [5.74, 6) is 0.557. The third-order valence-electron chi connectivity index (χ3n) is 4.91. The van der Waals surface area contributed by atoms with Crippen LogP contribution in [0.25, 0.3) is 11.0 Å². The zero-order chi connectivity index (χ0) is 15.5. The van der Waals surface area contributed by atoms with Crippen LogP contribution in [-0.2, 0) is 0 Å². The molecule has 3 rings (SSSR count). The lowest BCUT2D eigenvalue weighted by Gasteiger charge is -2.15. The standard InChI is InChI=1S/C18H26FN3/c1-3-5-14(2)17-13-22(18-16(17)6-4-9-20-18)15-7-10-21(12-15)11-8-19/h4,6,9,13-15H,3,5,7-8,10-12H2,1-2H3. The number of hydrogen-bond donors (Lipinski definition) is 0. The van der Waals surface area contributed by atoms with Crippen molar-refractivity contribution in [3.8, 4) is 0 Å². The first kappa shape index (κ1) is 15.5. The molecule has 120 valence electrons. The van der Waals surface area contributed by atoms with E-state index in [2.05, 4.69) is 40.6 Å². The van der Waals surface area contributed by atoms with Gasteiger partial charge in [-0.15, -0.1) is 0 Å². The summed E-state index contributed by atoms with van der Waals surface area (Å²) in [5.41, 5.74) is 2.50. The van der Waals surface area contributed by atoms with Gasteiger partial charge < -0.3 is 4.57 Å². The van der Waals surface area contributed by atoms with Gasteiger partial charge in [0.05, 0.1) is 0 Å². The highest BCUT2D eigenvalue weighted by Crippen LogP contribution is 2.33. The van der Waals surface area contributed by atoms with Crippen molar-refractivity contribution in [1.29, 1.82) is 0 Å². The maximum Gasteiger partial charge on any atom is 0.140 e. The van der Waals surface area contributed by atoms with E-state index < -0.39 is 0 Å². The van der Waals surface area contributed by atoms with E-state index in [4.69, 9.17) is 0 Å². The van der Waals surface area contributed by atoms with Crippen LogP contribution < -0.4 is 0 Å². The monoisotopic (exact) mass is 303 g/mol. The van der Waals surface area contributed by atoms with Crippen LogP contribution >= 0.6 is 0 Å². The van der Waals surface area contributed by atoms with Crippen LogP contribution in [0.2, 0.25) is 0 Å². The molecule has 2 unspecified atom stereocenters. The van der Waals surface area contributed by atoms with Crippen molar-refractivity contribution in [2.45, 2.75) is 45.1 Å². The average molecular weight is 303 g/mol. The van der Waals surface area contributed by atoms with E-state index in [0.717, 1.165) is 25.2 Å². The molecule has 22 heavy (non-hydrogen) atoms. The highest BCUT2D eigenvalue weighted by atomic mass is 19.1. The minimum atomic E-state index is -0.254. The largest absolute Gasteiger partial charge is 0.328 e. The van der Waals surface area contributed by atoms with Crippen LogP contribution in [0.4, 0.5) is 4.39 Å². The Morgan fingerprint density at radius 2 is 2.32 bits per heavy atom. The number of aromatic nitrogens is 2. The number of alkyl halides is 1. The Labute approximate surface area is 132 Å². The zero-order valence-electron chi connectivity index (χ0n) is 13.6. The second-order valence-electron chi connectivity index (χ2n) is 6.49.